The number of hydrogen-bond acceptors (Lipinski definition) is 2. The average molecular weight is 243 g/mol. The van der Waals surface area contributed by atoms with Gasteiger partial charge in [-0.1, -0.05) is 0 Å². The van der Waals surface area contributed by atoms with Crippen molar-refractivity contribution in [1.82, 2.24) is 14.9 Å². The molecular weight excluding hydrogens is 222 g/mol. The monoisotopic (exact) mass is 243 g/mol. The molecule has 0 aromatic carbocycles. The van der Waals surface area contributed by atoms with Gasteiger partial charge in [0.25, 0.3) is 0 Å². The number of hydrogen-bond donors (Lipinski definition) is 1. The first-order valence-electron chi connectivity index (χ1n) is 6.34. The molecule has 2 heterocycles. The molecule has 3 nitrogen and oxygen atoms in total. The summed E-state index contributed by atoms with van der Waals surface area (Å²) in [5.41, 5.74) is 5.29. The van der Waals surface area contributed by atoms with Crippen LogP contribution in [0.5, 0.6) is 0 Å². The third-order valence-corrected chi connectivity index (χ3v) is 3.68. The van der Waals surface area contributed by atoms with Crippen LogP contribution in [-0.4, -0.2) is 9.55 Å². The quantitative estimate of drug-likeness (QED) is 0.895. The number of aromatic nitrogens is 2. The predicted octanol–water partition coefficient (Wildman–Crippen LogP) is 2.89. The molecule has 0 aliphatic heterocycles. The predicted molar refractivity (Wildman–Crippen MR) is 74.4 cm³/mol. The van der Waals surface area contributed by atoms with Crippen molar-refractivity contribution in [3.05, 3.63) is 53.1 Å². The van der Waals surface area contributed by atoms with Gasteiger partial charge in [-0.15, -0.1) is 0 Å². The van der Waals surface area contributed by atoms with Gasteiger partial charge in [0.1, 0.15) is 0 Å². The van der Waals surface area contributed by atoms with E-state index in [1.807, 2.05) is 12.4 Å². The molecule has 0 radical (unpaired) electrons. The molecule has 96 valence electrons. The second-order valence-corrected chi connectivity index (χ2v) is 4.84. The van der Waals surface area contributed by atoms with Crippen molar-refractivity contribution in [2.24, 2.45) is 7.05 Å². The molecule has 0 spiro atoms. The van der Waals surface area contributed by atoms with E-state index in [9.17, 15) is 0 Å². The molecule has 0 aliphatic rings. The van der Waals surface area contributed by atoms with Crippen LogP contribution in [0, 0.1) is 13.8 Å². The van der Waals surface area contributed by atoms with E-state index in [0.717, 1.165) is 6.54 Å². The van der Waals surface area contributed by atoms with Gasteiger partial charge in [0.2, 0.25) is 0 Å². The number of pyridine rings is 1. The standard InChI is InChI=1S/C15H21N3/c1-11-9-15(13(3)18(11)4)10-17-12(2)14-5-7-16-8-6-14/h5-9,12,17H,10H2,1-4H3/t12-/m0/s1. The summed E-state index contributed by atoms with van der Waals surface area (Å²) in [7, 11) is 2.11. The molecule has 0 unspecified atom stereocenters. The van der Waals surface area contributed by atoms with Crippen LogP contribution in [0.1, 0.15) is 35.5 Å². The molecule has 0 amide bonds. The molecule has 2 aromatic heterocycles. The highest BCUT2D eigenvalue weighted by molar-refractivity contribution is 5.26. The molecule has 2 aromatic rings. The summed E-state index contributed by atoms with van der Waals surface area (Å²) in [6.45, 7) is 7.39. The van der Waals surface area contributed by atoms with Gasteiger partial charge in [-0.2, -0.15) is 0 Å². The first-order valence-corrected chi connectivity index (χ1v) is 6.34. The molecule has 3 heteroatoms. The van der Waals surface area contributed by atoms with E-state index in [1.54, 1.807) is 0 Å². The Hall–Kier alpha value is -1.61. The minimum absolute atomic E-state index is 0.341. The zero-order valence-electron chi connectivity index (χ0n) is 11.6. The van der Waals surface area contributed by atoms with Gasteiger partial charge in [0.15, 0.2) is 0 Å². The molecule has 0 aliphatic carbocycles. The lowest BCUT2D eigenvalue weighted by Crippen LogP contribution is -2.18. The van der Waals surface area contributed by atoms with Crippen molar-refractivity contribution >= 4 is 0 Å². The van der Waals surface area contributed by atoms with Gasteiger partial charge >= 0.3 is 0 Å². The lowest BCUT2D eigenvalue weighted by Gasteiger charge is -2.14. The van der Waals surface area contributed by atoms with Crippen molar-refractivity contribution in [1.29, 1.82) is 0 Å². The van der Waals surface area contributed by atoms with Crippen LogP contribution in [0.25, 0.3) is 0 Å². The molecule has 1 N–H and O–H groups in total. The minimum Gasteiger partial charge on any atom is -0.352 e. The van der Waals surface area contributed by atoms with Crippen LogP contribution in [0.15, 0.2) is 30.6 Å². The topological polar surface area (TPSA) is 29.9 Å². The van der Waals surface area contributed by atoms with E-state index in [1.165, 1.54) is 22.5 Å². The summed E-state index contributed by atoms with van der Waals surface area (Å²) in [5.74, 6) is 0. The summed E-state index contributed by atoms with van der Waals surface area (Å²) in [6.07, 6.45) is 3.68. The van der Waals surface area contributed by atoms with Gasteiger partial charge in [0.05, 0.1) is 0 Å². The highest BCUT2D eigenvalue weighted by atomic mass is 15.0. The maximum absolute atomic E-state index is 4.04. The van der Waals surface area contributed by atoms with Crippen LogP contribution in [0.4, 0.5) is 0 Å². The van der Waals surface area contributed by atoms with Crippen molar-refractivity contribution in [2.75, 3.05) is 0 Å². The summed E-state index contributed by atoms with van der Waals surface area (Å²) < 4.78 is 2.23. The number of nitrogens with one attached hydrogen (secondary N) is 1. The van der Waals surface area contributed by atoms with Crippen molar-refractivity contribution in [3.63, 3.8) is 0 Å². The number of aryl methyl sites for hydroxylation is 1. The first kappa shape index (κ1) is 12.8. The summed E-state index contributed by atoms with van der Waals surface area (Å²) in [4.78, 5) is 4.04. The van der Waals surface area contributed by atoms with Gasteiger partial charge < -0.3 is 9.88 Å². The van der Waals surface area contributed by atoms with E-state index in [-0.39, 0.29) is 0 Å². The normalized spacial score (nSPS) is 12.7. The zero-order valence-corrected chi connectivity index (χ0v) is 11.6. The Labute approximate surface area is 109 Å². The maximum atomic E-state index is 4.04. The molecule has 2 rings (SSSR count). The van der Waals surface area contributed by atoms with E-state index < -0.39 is 0 Å². The van der Waals surface area contributed by atoms with Gasteiger partial charge in [-0.25, -0.2) is 0 Å². The second kappa shape index (κ2) is 5.36. The van der Waals surface area contributed by atoms with Crippen molar-refractivity contribution < 1.29 is 0 Å². The van der Waals surface area contributed by atoms with E-state index in [0.29, 0.717) is 6.04 Å². The fraction of sp³-hybridized carbons (Fsp3) is 0.400. The third kappa shape index (κ3) is 2.62. The van der Waals surface area contributed by atoms with E-state index in [2.05, 4.69) is 60.9 Å². The minimum atomic E-state index is 0.341. The molecule has 0 bridgehead atoms. The Morgan fingerprint density at radius 2 is 1.94 bits per heavy atom. The SMILES string of the molecule is Cc1cc(CN[C@@H](C)c2ccncc2)c(C)n1C. The molecular formula is C15H21N3. The van der Waals surface area contributed by atoms with Crippen LogP contribution in [0.3, 0.4) is 0 Å². The van der Waals surface area contributed by atoms with Crippen LogP contribution in [0.2, 0.25) is 0 Å². The van der Waals surface area contributed by atoms with Crippen molar-refractivity contribution in [2.45, 2.75) is 33.4 Å². The molecule has 0 saturated carbocycles. The van der Waals surface area contributed by atoms with Crippen molar-refractivity contribution in [3.8, 4) is 0 Å². The summed E-state index contributed by atoms with van der Waals surface area (Å²) in [6, 6.07) is 6.70. The largest absolute Gasteiger partial charge is 0.352 e. The smallest absolute Gasteiger partial charge is 0.0296 e. The van der Waals surface area contributed by atoms with E-state index >= 15 is 0 Å². The van der Waals surface area contributed by atoms with Crippen LogP contribution >= 0.6 is 0 Å². The fourth-order valence-electron chi connectivity index (χ4n) is 2.15. The van der Waals surface area contributed by atoms with Gasteiger partial charge in [-0.3, -0.25) is 4.98 Å². The lowest BCUT2D eigenvalue weighted by atomic mass is 10.1. The second-order valence-electron chi connectivity index (χ2n) is 4.84. The number of nitrogens with zero attached hydrogens (tertiary/aromatic N) is 2. The van der Waals surface area contributed by atoms with Gasteiger partial charge in [-0.05, 0) is 50.1 Å². The highest BCUT2D eigenvalue weighted by Gasteiger charge is 2.08. The third-order valence-electron chi connectivity index (χ3n) is 3.68. The Morgan fingerprint density at radius 3 is 2.50 bits per heavy atom. The molecule has 18 heavy (non-hydrogen) atoms. The maximum Gasteiger partial charge on any atom is 0.0296 e. The Balaban J connectivity index is 2.02. The molecule has 0 saturated heterocycles. The Kier molecular flexibility index (Phi) is 3.82. The molecule has 0 fully saturated rings. The fourth-order valence-corrected chi connectivity index (χ4v) is 2.15. The summed E-state index contributed by atoms with van der Waals surface area (Å²) >= 11 is 0. The highest BCUT2D eigenvalue weighted by Crippen LogP contribution is 2.16. The lowest BCUT2D eigenvalue weighted by molar-refractivity contribution is 0.572. The van der Waals surface area contributed by atoms with Crippen LogP contribution < -0.4 is 5.32 Å². The van der Waals surface area contributed by atoms with Gasteiger partial charge in [0, 0.05) is 43.4 Å². The average Bonchev–Trinajstić information content (AvgIpc) is 2.64. The Morgan fingerprint density at radius 1 is 1.28 bits per heavy atom. The molecule has 1 atom stereocenters. The summed E-state index contributed by atoms with van der Waals surface area (Å²) in [5, 5.41) is 3.56. The number of rotatable bonds is 4. The Bertz CT molecular complexity index is 514. The zero-order chi connectivity index (χ0) is 13.1. The van der Waals surface area contributed by atoms with E-state index in [4.69, 9.17) is 0 Å². The first-order chi connectivity index (χ1) is 8.59. The van der Waals surface area contributed by atoms with Crippen LogP contribution in [-0.2, 0) is 13.6 Å².